The van der Waals surface area contributed by atoms with Crippen molar-refractivity contribution in [1.82, 2.24) is 0 Å². The predicted octanol–water partition coefficient (Wildman–Crippen LogP) is 3.71. The van der Waals surface area contributed by atoms with Gasteiger partial charge in [0, 0.05) is 25.2 Å². The number of carbonyl (C=O) groups excluding carboxylic acids is 1. The van der Waals surface area contributed by atoms with Crippen LogP contribution in [0.2, 0.25) is 0 Å². The van der Waals surface area contributed by atoms with E-state index < -0.39 is 0 Å². The number of nitriles is 1. The van der Waals surface area contributed by atoms with Crippen LogP contribution in [0, 0.1) is 17.2 Å². The number of hydrogen-bond acceptors (Lipinski definition) is 5. The molecule has 1 heterocycles. The van der Waals surface area contributed by atoms with E-state index in [2.05, 4.69) is 22.4 Å². The van der Waals surface area contributed by atoms with Crippen molar-refractivity contribution in [1.29, 1.82) is 5.26 Å². The molecule has 0 aliphatic carbocycles. The summed E-state index contributed by atoms with van der Waals surface area (Å²) >= 11 is 0. The molecule has 0 spiro atoms. The lowest BCUT2D eigenvalue weighted by molar-refractivity contribution is 0.101. The van der Waals surface area contributed by atoms with Crippen LogP contribution in [0.15, 0.2) is 42.5 Å². The molecule has 5 nitrogen and oxygen atoms in total. The lowest BCUT2D eigenvalue weighted by atomic mass is 10.1. The van der Waals surface area contributed by atoms with Gasteiger partial charge < -0.3 is 15.0 Å². The van der Waals surface area contributed by atoms with Gasteiger partial charge in [-0.15, -0.1) is 0 Å². The van der Waals surface area contributed by atoms with Gasteiger partial charge in [-0.05, 0) is 49.6 Å². The van der Waals surface area contributed by atoms with Gasteiger partial charge in [0.25, 0.3) is 0 Å². The summed E-state index contributed by atoms with van der Waals surface area (Å²) in [7, 11) is 1.69. The van der Waals surface area contributed by atoms with Crippen LogP contribution in [0.5, 0.6) is 5.75 Å². The summed E-state index contributed by atoms with van der Waals surface area (Å²) in [6.45, 7) is 4.21. The van der Waals surface area contributed by atoms with Gasteiger partial charge in [0.05, 0.1) is 24.0 Å². The fourth-order valence-electron chi connectivity index (χ4n) is 3.37. The number of rotatable bonds is 6. The van der Waals surface area contributed by atoms with Crippen molar-refractivity contribution in [3.63, 3.8) is 0 Å². The first kappa shape index (κ1) is 17.8. The Morgan fingerprint density at radius 1 is 1.35 bits per heavy atom. The van der Waals surface area contributed by atoms with Crippen LogP contribution in [-0.2, 0) is 0 Å². The van der Waals surface area contributed by atoms with Gasteiger partial charge in [0.1, 0.15) is 11.8 Å². The maximum atomic E-state index is 11.6. The Kier molecular flexibility index (Phi) is 5.43. The van der Waals surface area contributed by atoms with E-state index in [9.17, 15) is 10.1 Å². The fraction of sp³-hybridized carbons (Fsp3) is 0.333. The molecule has 26 heavy (non-hydrogen) atoms. The highest BCUT2D eigenvalue weighted by molar-refractivity contribution is 5.95. The normalized spacial score (nSPS) is 16.2. The Hall–Kier alpha value is -3.00. The Morgan fingerprint density at radius 3 is 2.88 bits per heavy atom. The first-order valence-electron chi connectivity index (χ1n) is 8.79. The first-order chi connectivity index (χ1) is 12.6. The molecular formula is C21H23N3O2. The third-order valence-corrected chi connectivity index (χ3v) is 4.84. The van der Waals surface area contributed by atoms with Crippen molar-refractivity contribution < 1.29 is 9.53 Å². The summed E-state index contributed by atoms with van der Waals surface area (Å²) in [6, 6.07) is 15.4. The topological polar surface area (TPSA) is 65.4 Å². The zero-order valence-corrected chi connectivity index (χ0v) is 15.2. The van der Waals surface area contributed by atoms with Crippen LogP contribution in [-0.4, -0.2) is 32.5 Å². The van der Waals surface area contributed by atoms with Crippen molar-refractivity contribution in [2.24, 2.45) is 5.92 Å². The van der Waals surface area contributed by atoms with Gasteiger partial charge >= 0.3 is 0 Å². The molecule has 0 amide bonds. The number of nitrogens with zero attached hydrogens (tertiary/aromatic N) is 2. The number of carbonyl (C=O) groups is 1. The molecular weight excluding hydrogens is 326 g/mol. The van der Waals surface area contributed by atoms with Gasteiger partial charge in [-0.1, -0.05) is 12.1 Å². The first-order valence-corrected chi connectivity index (χ1v) is 8.79. The number of hydrogen-bond donors (Lipinski definition) is 1. The SMILES string of the molecule is COc1ccccc1N1CCC(CNc2cc(C(C)=O)ccc2C#N)C1. The summed E-state index contributed by atoms with van der Waals surface area (Å²) in [4.78, 5) is 13.9. The van der Waals surface area contributed by atoms with Crippen molar-refractivity contribution in [3.05, 3.63) is 53.6 Å². The van der Waals surface area contributed by atoms with Crippen molar-refractivity contribution >= 4 is 17.2 Å². The smallest absolute Gasteiger partial charge is 0.159 e. The molecule has 134 valence electrons. The lowest BCUT2D eigenvalue weighted by Crippen LogP contribution is -2.23. The molecule has 1 aliphatic heterocycles. The zero-order chi connectivity index (χ0) is 18.5. The van der Waals surface area contributed by atoms with E-state index in [-0.39, 0.29) is 5.78 Å². The molecule has 2 aromatic rings. The largest absolute Gasteiger partial charge is 0.495 e. The van der Waals surface area contributed by atoms with Crippen LogP contribution in [0.3, 0.4) is 0 Å². The minimum Gasteiger partial charge on any atom is -0.495 e. The molecule has 1 saturated heterocycles. The van der Waals surface area contributed by atoms with E-state index in [1.807, 2.05) is 18.2 Å². The number of ketones is 1. The molecule has 0 bridgehead atoms. The molecule has 2 aromatic carbocycles. The molecule has 1 N–H and O–H groups in total. The second-order valence-corrected chi connectivity index (χ2v) is 6.58. The lowest BCUT2D eigenvalue weighted by Gasteiger charge is -2.21. The molecule has 3 rings (SSSR count). The van der Waals surface area contributed by atoms with Crippen LogP contribution in [0.1, 0.15) is 29.3 Å². The van der Waals surface area contributed by atoms with Crippen molar-refractivity contribution in [2.45, 2.75) is 13.3 Å². The molecule has 5 heteroatoms. The second-order valence-electron chi connectivity index (χ2n) is 6.58. The van der Waals surface area contributed by atoms with E-state index >= 15 is 0 Å². The highest BCUT2D eigenvalue weighted by Gasteiger charge is 2.24. The Morgan fingerprint density at radius 2 is 2.15 bits per heavy atom. The fourth-order valence-corrected chi connectivity index (χ4v) is 3.37. The van der Waals surface area contributed by atoms with E-state index in [1.54, 1.807) is 25.3 Å². The molecule has 1 aliphatic rings. The van der Waals surface area contributed by atoms with Crippen molar-refractivity contribution in [3.8, 4) is 11.8 Å². The molecule has 1 fully saturated rings. The minimum absolute atomic E-state index is 0.000698. The Balaban J connectivity index is 1.66. The van der Waals surface area contributed by atoms with Gasteiger partial charge in [0.15, 0.2) is 5.78 Å². The molecule has 0 aromatic heterocycles. The zero-order valence-electron chi connectivity index (χ0n) is 15.2. The number of nitrogens with one attached hydrogen (secondary N) is 1. The van der Waals surface area contributed by atoms with Crippen molar-refractivity contribution in [2.75, 3.05) is 37.0 Å². The van der Waals surface area contributed by atoms with E-state index in [0.717, 1.165) is 43.2 Å². The maximum absolute atomic E-state index is 11.6. The number of benzene rings is 2. The van der Waals surface area contributed by atoms with Gasteiger partial charge in [-0.3, -0.25) is 4.79 Å². The monoisotopic (exact) mass is 349 g/mol. The quantitative estimate of drug-likeness (QED) is 0.806. The number of Topliss-reactive ketones (excluding diaryl/α,β-unsaturated/α-hetero) is 1. The van der Waals surface area contributed by atoms with Crippen LogP contribution in [0.4, 0.5) is 11.4 Å². The van der Waals surface area contributed by atoms with Gasteiger partial charge in [-0.25, -0.2) is 0 Å². The van der Waals surface area contributed by atoms with E-state index in [1.165, 1.54) is 6.92 Å². The number of methoxy groups -OCH3 is 1. The van der Waals surface area contributed by atoms with Crippen LogP contribution < -0.4 is 15.0 Å². The van der Waals surface area contributed by atoms with E-state index in [0.29, 0.717) is 17.0 Å². The van der Waals surface area contributed by atoms with Gasteiger partial charge in [0.2, 0.25) is 0 Å². The Bertz CT molecular complexity index is 841. The molecule has 1 atom stereocenters. The summed E-state index contributed by atoms with van der Waals surface area (Å²) in [6.07, 6.45) is 1.07. The highest BCUT2D eigenvalue weighted by atomic mass is 16.5. The number of ether oxygens (including phenoxy) is 1. The summed E-state index contributed by atoms with van der Waals surface area (Å²) in [5.41, 5.74) is 3.04. The average Bonchev–Trinajstić information content (AvgIpc) is 3.14. The van der Waals surface area contributed by atoms with Crippen LogP contribution in [0.25, 0.3) is 0 Å². The third-order valence-electron chi connectivity index (χ3n) is 4.84. The summed E-state index contributed by atoms with van der Waals surface area (Å²) in [5, 5.41) is 12.7. The minimum atomic E-state index is 0.000698. The predicted molar refractivity (Wildman–Crippen MR) is 103 cm³/mol. The Labute approximate surface area is 154 Å². The summed E-state index contributed by atoms with van der Waals surface area (Å²) in [5.74, 6) is 1.36. The van der Waals surface area contributed by atoms with Gasteiger partial charge in [-0.2, -0.15) is 5.26 Å². The summed E-state index contributed by atoms with van der Waals surface area (Å²) < 4.78 is 5.46. The number of anilines is 2. The highest BCUT2D eigenvalue weighted by Crippen LogP contribution is 2.32. The average molecular weight is 349 g/mol. The maximum Gasteiger partial charge on any atom is 0.159 e. The third kappa shape index (κ3) is 3.80. The molecule has 1 unspecified atom stereocenters. The van der Waals surface area contributed by atoms with Crippen LogP contribution >= 0.6 is 0 Å². The molecule has 0 radical (unpaired) electrons. The number of para-hydroxylation sites is 2. The second kappa shape index (κ2) is 7.92. The standard InChI is InChI=1S/C21H23N3O2/c1-15(25)17-7-8-18(12-22)19(11-17)23-13-16-9-10-24(14-16)20-5-3-4-6-21(20)26-2/h3-8,11,16,23H,9-10,13-14H2,1-2H3. The molecule has 0 saturated carbocycles. The van der Waals surface area contributed by atoms with E-state index in [4.69, 9.17) is 4.74 Å².